The van der Waals surface area contributed by atoms with E-state index >= 15 is 0 Å². The molecule has 3 aliphatic rings. The van der Waals surface area contributed by atoms with Crippen LogP contribution >= 0.6 is 11.3 Å². The number of aromatic nitrogens is 1. The Morgan fingerprint density at radius 3 is 2.40 bits per heavy atom. The van der Waals surface area contributed by atoms with Crippen molar-refractivity contribution in [1.82, 2.24) is 14.8 Å². The number of rotatable bonds is 10. The highest BCUT2D eigenvalue weighted by Crippen LogP contribution is 2.40. The first-order valence-electron chi connectivity index (χ1n) is 16.5. The van der Waals surface area contributed by atoms with Gasteiger partial charge in [0.25, 0.3) is 0 Å². The van der Waals surface area contributed by atoms with Gasteiger partial charge < -0.3 is 10.0 Å². The molecule has 0 bridgehead atoms. The molecule has 0 radical (unpaired) electrons. The molecule has 5 nitrogen and oxygen atoms in total. The summed E-state index contributed by atoms with van der Waals surface area (Å²) in [6.45, 7) is 7.08. The third-order valence-corrected chi connectivity index (χ3v) is 11.5. The first-order valence-corrected chi connectivity index (χ1v) is 17.3. The number of thiazole rings is 1. The third kappa shape index (κ3) is 7.21. The van der Waals surface area contributed by atoms with E-state index in [4.69, 9.17) is 4.98 Å². The minimum Gasteiger partial charge on any atom is -0.480 e. The molecule has 1 saturated carbocycles. The van der Waals surface area contributed by atoms with Gasteiger partial charge in [-0.3, -0.25) is 9.69 Å². The predicted molar refractivity (Wildman–Crippen MR) is 171 cm³/mol. The molecule has 230 valence electrons. The fourth-order valence-corrected chi connectivity index (χ4v) is 9.41. The Morgan fingerprint density at radius 1 is 1.00 bits per heavy atom. The van der Waals surface area contributed by atoms with Crippen molar-refractivity contribution < 1.29 is 14.3 Å². The molecule has 1 N–H and O–H groups in total. The quantitative estimate of drug-likeness (QED) is 0.262. The molecule has 0 unspecified atom stereocenters. The Balaban J connectivity index is 1.11. The Labute approximate surface area is 260 Å². The van der Waals surface area contributed by atoms with E-state index in [1.165, 1.54) is 34.7 Å². The molecule has 3 atom stereocenters. The standard InChI is InChI=1S/C36H46FN3O2S/c1-2-32-35(43-33(38-32)21-25-13-15-30(37)16-14-25)28-17-19-39(20-18-28)22-29-23-40(24-31(29)26-9-5-3-6-10-26)34(36(41)42)27-11-7-4-8-12-27/h3,5-6,9-10,13-16,27-29,31,34H,2,4,7-8,11-12,17-24H2,1H3,(H,41,42)/t29-,31+,34+/m0/s1. The third-order valence-electron chi connectivity index (χ3n) is 10.3. The first kappa shape index (κ1) is 30.4. The fraction of sp³-hybridized carbons (Fsp3) is 0.556. The lowest BCUT2D eigenvalue weighted by Gasteiger charge is -2.35. The molecule has 2 saturated heterocycles. The summed E-state index contributed by atoms with van der Waals surface area (Å²) in [7, 11) is 0. The van der Waals surface area contributed by atoms with Crippen molar-refractivity contribution in [3.05, 3.63) is 87.1 Å². The zero-order valence-electron chi connectivity index (χ0n) is 25.5. The highest BCUT2D eigenvalue weighted by atomic mass is 32.1. The lowest BCUT2D eigenvalue weighted by atomic mass is 9.83. The summed E-state index contributed by atoms with van der Waals surface area (Å²) in [6.07, 6.45) is 9.63. The number of carboxylic acids is 1. The maximum absolute atomic E-state index is 13.4. The molecule has 6 rings (SSSR count). The van der Waals surface area contributed by atoms with Crippen molar-refractivity contribution in [2.45, 2.75) is 82.6 Å². The predicted octanol–water partition coefficient (Wildman–Crippen LogP) is 7.36. The van der Waals surface area contributed by atoms with E-state index in [1.807, 2.05) is 23.5 Å². The smallest absolute Gasteiger partial charge is 0.321 e. The van der Waals surface area contributed by atoms with Crippen molar-refractivity contribution in [2.75, 3.05) is 32.7 Å². The van der Waals surface area contributed by atoms with E-state index < -0.39 is 5.97 Å². The summed E-state index contributed by atoms with van der Waals surface area (Å²) in [5, 5.41) is 11.5. The lowest BCUT2D eigenvalue weighted by Crippen LogP contribution is -2.46. The van der Waals surface area contributed by atoms with Crippen LogP contribution in [-0.4, -0.2) is 64.6 Å². The zero-order chi connectivity index (χ0) is 29.8. The maximum Gasteiger partial charge on any atom is 0.321 e. The minimum absolute atomic E-state index is 0.198. The van der Waals surface area contributed by atoms with Crippen LogP contribution in [0.15, 0.2) is 54.6 Å². The van der Waals surface area contributed by atoms with Gasteiger partial charge in [0.2, 0.25) is 0 Å². The Kier molecular flexibility index (Phi) is 9.90. The number of hydrogen-bond donors (Lipinski definition) is 1. The van der Waals surface area contributed by atoms with Gasteiger partial charge in [-0.25, -0.2) is 9.37 Å². The van der Waals surface area contributed by atoms with Crippen molar-refractivity contribution >= 4 is 17.3 Å². The van der Waals surface area contributed by atoms with Crippen LogP contribution in [0.3, 0.4) is 0 Å². The summed E-state index contributed by atoms with van der Waals surface area (Å²) < 4.78 is 13.4. The molecule has 3 aromatic rings. The second-order valence-electron chi connectivity index (χ2n) is 13.1. The van der Waals surface area contributed by atoms with Crippen LogP contribution in [0.2, 0.25) is 0 Å². The minimum atomic E-state index is -0.629. The molecule has 2 aromatic carbocycles. The summed E-state index contributed by atoms with van der Waals surface area (Å²) in [4.78, 5) is 24.0. The van der Waals surface area contributed by atoms with Gasteiger partial charge in [0.05, 0.1) is 10.7 Å². The van der Waals surface area contributed by atoms with Gasteiger partial charge in [-0.1, -0.05) is 68.7 Å². The Bertz CT molecular complexity index is 1330. The number of piperidine rings is 1. The van der Waals surface area contributed by atoms with Gasteiger partial charge >= 0.3 is 5.97 Å². The summed E-state index contributed by atoms with van der Waals surface area (Å²) in [5.41, 5.74) is 3.69. The van der Waals surface area contributed by atoms with Gasteiger partial charge in [-0.2, -0.15) is 0 Å². The first-order chi connectivity index (χ1) is 21.0. The second-order valence-corrected chi connectivity index (χ2v) is 14.2. The molecular weight excluding hydrogens is 557 g/mol. The monoisotopic (exact) mass is 603 g/mol. The van der Waals surface area contributed by atoms with Gasteiger partial charge in [0.15, 0.2) is 0 Å². The zero-order valence-corrected chi connectivity index (χ0v) is 26.3. The summed E-state index contributed by atoms with van der Waals surface area (Å²) in [6, 6.07) is 17.2. The van der Waals surface area contributed by atoms with E-state index in [1.54, 1.807) is 0 Å². The largest absolute Gasteiger partial charge is 0.480 e. The second kappa shape index (κ2) is 14.0. The van der Waals surface area contributed by atoms with Crippen LogP contribution in [0.25, 0.3) is 0 Å². The van der Waals surface area contributed by atoms with E-state index in [2.05, 4.69) is 47.1 Å². The number of likely N-dealkylation sites (tertiary alicyclic amines) is 2. The van der Waals surface area contributed by atoms with Gasteiger partial charge in [0.1, 0.15) is 11.9 Å². The van der Waals surface area contributed by atoms with Gasteiger partial charge in [-0.05, 0) is 86.2 Å². The summed E-state index contributed by atoms with van der Waals surface area (Å²) >= 11 is 1.86. The molecule has 0 spiro atoms. The molecule has 2 aliphatic heterocycles. The number of halogens is 1. The van der Waals surface area contributed by atoms with Crippen molar-refractivity contribution in [1.29, 1.82) is 0 Å². The number of benzene rings is 2. The molecule has 3 heterocycles. The summed E-state index contributed by atoms with van der Waals surface area (Å²) in [5.74, 6) is 0.787. The molecule has 43 heavy (non-hydrogen) atoms. The van der Waals surface area contributed by atoms with E-state index in [0.29, 0.717) is 17.8 Å². The lowest BCUT2D eigenvalue weighted by molar-refractivity contribution is -0.145. The number of nitrogens with zero attached hydrogens (tertiary/aromatic N) is 3. The highest BCUT2D eigenvalue weighted by molar-refractivity contribution is 7.11. The molecule has 7 heteroatoms. The van der Waals surface area contributed by atoms with Crippen molar-refractivity contribution in [3.63, 3.8) is 0 Å². The fourth-order valence-electron chi connectivity index (χ4n) is 8.05. The number of hydrogen-bond acceptors (Lipinski definition) is 5. The van der Waals surface area contributed by atoms with Crippen LogP contribution in [0, 0.1) is 17.7 Å². The molecule has 1 aromatic heterocycles. The van der Waals surface area contributed by atoms with Crippen LogP contribution in [0.4, 0.5) is 4.39 Å². The number of carbonyl (C=O) groups is 1. The molecule has 1 aliphatic carbocycles. The van der Waals surface area contributed by atoms with E-state index in [-0.39, 0.29) is 17.8 Å². The number of aryl methyl sites for hydroxylation is 1. The van der Waals surface area contributed by atoms with E-state index in [0.717, 1.165) is 94.7 Å². The van der Waals surface area contributed by atoms with Gasteiger partial charge in [0, 0.05) is 36.9 Å². The van der Waals surface area contributed by atoms with E-state index in [9.17, 15) is 14.3 Å². The topological polar surface area (TPSA) is 56.7 Å². The average molecular weight is 604 g/mol. The van der Waals surface area contributed by atoms with Crippen LogP contribution < -0.4 is 0 Å². The highest BCUT2D eigenvalue weighted by Gasteiger charge is 2.43. The van der Waals surface area contributed by atoms with Crippen molar-refractivity contribution in [3.8, 4) is 0 Å². The normalized spacial score (nSPS) is 23.5. The number of carboxylic acid groups (broad SMARTS) is 1. The van der Waals surface area contributed by atoms with Crippen LogP contribution in [0.5, 0.6) is 0 Å². The van der Waals surface area contributed by atoms with Gasteiger partial charge in [-0.15, -0.1) is 11.3 Å². The average Bonchev–Trinajstić information content (AvgIpc) is 3.63. The SMILES string of the molecule is CCc1nc(Cc2ccc(F)cc2)sc1C1CCN(C[C@H]2CN([C@@H](C(=O)O)C3CCCCC3)C[C@@H]2c2ccccc2)CC1. The molecular formula is C36H46FN3O2S. The molecule has 3 fully saturated rings. The van der Waals surface area contributed by atoms with Crippen LogP contribution in [-0.2, 0) is 17.6 Å². The Morgan fingerprint density at radius 2 is 1.72 bits per heavy atom. The molecule has 0 amide bonds. The maximum atomic E-state index is 13.4. The van der Waals surface area contributed by atoms with Crippen molar-refractivity contribution in [2.24, 2.45) is 11.8 Å². The number of aliphatic carboxylic acids is 1. The Hall–Kier alpha value is -2.61. The van der Waals surface area contributed by atoms with Crippen LogP contribution in [0.1, 0.15) is 90.4 Å².